The van der Waals surface area contributed by atoms with Gasteiger partial charge in [0.25, 0.3) is 5.97 Å². The molecule has 196 valence electrons. The maximum atomic E-state index is 9.57. The maximum Gasteiger partial charge on any atom is 0.300 e. The average molecular weight is 503 g/mol. The third-order valence-corrected chi connectivity index (χ3v) is 6.54. The van der Waals surface area contributed by atoms with Crippen LogP contribution in [0, 0.1) is 0 Å². The predicted molar refractivity (Wildman–Crippen MR) is 150 cm³/mol. The van der Waals surface area contributed by atoms with Crippen molar-refractivity contribution < 1.29 is 24.9 Å². The largest absolute Gasteiger partial charge is 0.513 e. The molecule has 5 nitrogen and oxygen atoms in total. The zero-order chi connectivity index (χ0) is 27.8. The first kappa shape index (κ1) is 29.2. The predicted octanol–water partition coefficient (Wildman–Crippen LogP) is 8.29. The van der Waals surface area contributed by atoms with Crippen LogP contribution in [0.1, 0.15) is 65.2 Å². The summed E-state index contributed by atoms with van der Waals surface area (Å²) in [6.45, 7) is 13.5. The Kier molecular flexibility index (Phi) is 9.73. The van der Waals surface area contributed by atoms with Gasteiger partial charge in [0.15, 0.2) is 0 Å². The van der Waals surface area contributed by atoms with Crippen LogP contribution in [0.2, 0.25) is 0 Å². The first-order chi connectivity index (χ1) is 17.2. The number of carbonyl (C=O) groups is 1. The Labute approximate surface area is 220 Å². The summed E-state index contributed by atoms with van der Waals surface area (Å²) < 4.78 is 6.08. The minimum atomic E-state index is -0.833. The molecular formula is C32H38O5. The minimum absolute atomic E-state index is 0.161. The molecule has 0 fully saturated rings. The summed E-state index contributed by atoms with van der Waals surface area (Å²) in [5.74, 6) is 1.31. The van der Waals surface area contributed by atoms with Crippen molar-refractivity contribution in [3.05, 3.63) is 113 Å². The third-order valence-electron chi connectivity index (χ3n) is 6.54. The van der Waals surface area contributed by atoms with E-state index < -0.39 is 5.97 Å². The van der Waals surface area contributed by atoms with Gasteiger partial charge in [0.1, 0.15) is 17.2 Å². The summed E-state index contributed by atoms with van der Waals surface area (Å²) in [6, 6.07) is 23.7. The molecule has 3 rings (SSSR count). The second-order valence-corrected chi connectivity index (χ2v) is 10.1. The first-order valence-electron chi connectivity index (χ1n) is 12.2. The first-order valence-corrected chi connectivity index (χ1v) is 12.2. The number of ether oxygens (including phenoxy) is 1. The van der Waals surface area contributed by atoms with Gasteiger partial charge in [-0.25, -0.2) is 0 Å². The number of carboxylic acid groups (broad SMARTS) is 1. The van der Waals surface area contributed by atoms with Crippen molar-refractivity contribution in [3.63, 3.8) is 0 Å². The highest BCUT2D eigenvalue weighted by Crippen LogP contribution is 2.35. The molecule has 37 heavy (non-hydrogen) atoms. The molecule has 0 heterocycles. The average Bonchev–Trinajstić information content (AvgIpc) is 2.83. The molecule has 0 unspecified atom stereocenters. The van der Waals surface area contributed by atoms with Crippen molar-refractivity contribution in [2.75, 3.05) is 0 Å². The Balaban J connectivity index is 0.00000112. The number of aliphatic carboxylic acids is 1. The fourth-order valence-electron chi connectivity index (χ4n) is 3.74. The van der Waals surface area contributed by atoms with E-state index in [2.05, 4.69) is 58.9 Å². The number of rotatable bonds is 7. The van der Waals surface area contributed by atoms with Gasteiger partial charge in [-0.2, -0.15) is 0 Å². The fourth-order valence-corrected chi connectivity index (χ4v) is 3.74. The van der Waals surface area contributed by atoms with Crippen molar-refractivity contribution in [1.82, 2.24) is 0 Å². The summed E-state index contributed by atoms with van der Waals surface area (Å²) >= 11 is 0. The van der Waals surface area contributed by atoms with Crippen LogP contribution in [0.25, 0.3) is 0 Å². The van der Waals surface area contributed by atoms with Crippen LogP contribution in [0.5, 0.6) is 17.2 Å². The second-order valence-electron chi connectivity index (χ2n) is 10.1. The second kappa shape index (κ2) is 12.3. The molecule has 0 aliphatic carbocycles. The van der Waals surface area contributed by atoms with Crippen molar-refractivity contribution >= 4 is 5.97 Å². The number of aliphatic hydroxyl groups is 1. The topological polar surface area (TPSA) is 87.0 Å². The number of phenolic OH excluding ortho intramolecular Hbond substituents is 1. The van der Waals surface area contributed by atoms with Gasteiger partial charge in [0.05, 0.1) is 5.76 Å². The van der Waals surface area contributed by atoms with E-state index in [0.29, 0.717) is 5.76 Å². The van der Waals surface area contributed by atoms with Gasteiger partial charge in [-0.3, -0.25) is 4.79 Å². The van der Waals surface area contributed by atoms with Gasteiger partial charge in [-0.05, 0) is 73.0 Å². The van der Waals surface area contributed by atoms with Crippen LogP contribution in [0.3, 0.4) is 0 Å². The SMILES string of the molecule is C/C(O)=C\C=C(/C)C(C)(C)c1ccc(Oc2ccc(C(C)(C)c3ccc(O)cc3)cc2)cc1.CC(=O)O. The molecule has 3 N–H and O–H groups in total. The lowest BCUT2D eigenvalue weighted by Crippen LogP contribution is -2.18. The highest BCUT2D eigenvalue weighted by atomic mass is 16.5. The third kappa shape index (κ3) is 8.28. The normalized spacial score (nSPS) is 12.4. The van der Waals surface area contributed by atoms with Crippen molar-refractivity contribution in [2.45, 2.75) is 59.3 Å². The number of aromatic hydroxyl groups is 1. The highest BCUT2D eigenvalue weighted by Gasteiger charge is 2.24. The molecule has 3 aromatic rings. The summed E-state index contributed by atoms with van der Waals surface area (Å²) in [5, 5.41) is 26.4. The quantitative estimate of drug-likeness (QED) is 0.223. The molecule has 0 atom stereocenters. The number of phenols is 1. The number of carboxylic acids is 1. The Morgan fingerprint density at radius 3 is 1.46 bits per heavy atom. The monoisotopic (exact) mass is 502 g/mol. The van der Waals surface area contributed by atoms with E-state index in [4.69, 9.17) is 14.6 Å². The number of allylic oxidation sites excluding steroid dienone is 4. The van der Waals surface area contributed by atoms with Crippen LogP contribution in [-0.2, 0) is 15.6 Å². The molecule has 0 radical (unpaired) electrons. The van der Waals surface area contributed by atoms with E-state index in [1.165, 1.54) is 11.1 Å². The smallest absolute Gasteiger partial charge is 0.300 e. The molecule has 0 aliphatic rings. The molecule has 0 aliphatic heterocycles. The Hall–Kier alpha value is -3.99. The summed E-state index contributed by atoms with van der Waals surface area (Å²) in [4.78, 5) is 9.00. The Morgan fingerprint density at radius 2 is 1.05 bits per heavy atom. The van der Waals surface area contributed by atoms with Crippen LogP contribution < -0.4 is 4.74 Å². The van der Waals surface area contributed by atoms with Gasteiger partial charge >= 0.3 is 0 Å². The van der Waals surface area contributed by atoms with Gasteiger partial charge in [0, 0.05) is 17.8 Å². The molecule has 0 aromatic heterocycles. The zero-order valence-electron chi connectivity index (χ0n) is 22.7. The number of hydrogen-bond acceptors (Lipinski definition) is 4. The maximum absolute atomic E-state index is 9.57. The van der Waals surface area contributed by atoms with Crippen LogP contribution in [0.15, 0.2) is 96.3 Å². The number of aliphatic hydroxyl groups excluding tert-OH is 1. The minimum Gasteiger partial charge on any atom is -0.513 e. The van der Waals surface area contributed by atoms with Gasteiger partial charge in [-0.1, -0.05) is 75.7 Å². The summed E-state index contributed by atoms with van der Waals surface area (Å²) in [7, 11) is 0. The zero-order valence-corrected chi connectivity index (χ0v) is 22.7. The summed E-state index contributed by atoms with van der Waals surface area (Å²) in [6.07, 6.45) is 3.68. The molecular weight excluding hydrogens is 464 g/mol. The van der Waals surface area contributed by atoms with Crippen LogP contribution in [-0.4, -0.2) is 21.3 Å². The van der Waals surface area contributed by atoms with Crippen LogP contribution in [0.4, 0.5) is 0 Å². The lowest BCUT2D eigenvalue weighted by atomic mass is 9.78. The van der Waals surface area contributed by atoms with Crippen LogP contribution >= 0.6 is 0 Å². The van der Waals surface area contributed by atoms with E-state index in [1.807, 2.05) is 42.5 Å². The molecule has 3 aromatic carbocycles. The lowest BCUT2D eigenvalue weighted by Gasteiger charge is -2.27. The molecule has 0 spiro atoms. The number of benzene rings is 3. The van der Waals surface area contributed by atoms with E-state index >= 15 is 0 Å². The van der Waals surface area contributed by atoms with E-state index in [1.54, 1.807) is 25.1 Å². The van der Waals surface area contributed by atoms with Crippen molar-refractivity contribution in [3.8, 4) is 17.2 Å². The van der Waals surface area contributed by atoms with E-state index in [9.17, 15) is 10.2 Å². The fraction of sp³-hybridized carbons (Fsp3) is 0.281. The Morgan fingerprint density at radius 1 is 0.676 bits per heavy atom. The van der Waals surface area contributed by atoms with Crippen molar-refractivity contribution in [2.24, 2.45) is 0 Å². The van der Waals surface area contributed by atoms with Gasteiger partial charge in [0.2, 0.25) is 0 Å². The van der Waals surface area contributed by atoms with Gasteiger partial charge in [-0.15, -0.1) is 0 Å². The molecule has 0 amide bonds. The van der Waals surface area contributed by atoms with Crippen molar-refractivity contribution in [1.29, 1.82) is 0 Å². The molecule has 0 saturated heterocycles. The molecule has 0 bridgehead atoms. The number of hydrogen-bond donors (Lipinski definition) is 3. The summed E-state index contributed by atoms with van der Waals surface area (Å²) in [5.41, 5.74) is 4.31. The Bertz CT molecular complexity index is 1220. The van der Waals surface area contributed by atoms with Gasteiger partial charge < -0.3 is 20.1 Å². The van der Waals surface area contributed by atoms with E-state index in [0.717, 1.165) is 29.6 Å². The molecule has 5 heteroatoms. The van der Waals surface area contributed by atoms with E-state index in [-0.39, 0.29) is 16.6 Å². The lowest BCUT2D eigenvalue weighted by molar-refractivity contribution is -0.134. The standard InChI is InChI=1S/C30H34O3.C2H4O2/c1-21(7-8-22(2)31)29(3,4)23-11-17-27(18-12-23)33-28-19-13-25(14-20-28)30(5,6)24-9-15-26(32)16-10-24;1-2(3)4/h7-20,31-32H,1-6H3;1H3,(H,3,4)/b21-7+,22-8+;. The highest BCUT2D eigenvalue weighted by molar-refractivity contribution is 5.63. The molecule has 0 saturated carbocycles.